The van der Waals surface area contributed by atoms with E-state index in [0.29, 0.717) is 23.7 Å². The van der Waals surface area contributed by atoms with Crippen LogP contribution in [0.5, 0.6) is 11.5 Å². The molecule has 0 saturated carbocycles. The van der Waals surface area contributed by atoms with Gasteiger partial charge in [0.25, 0.3) is 0 Å². The third-order valence-electron chi connectivity index (χ3n) is 3.31. The topological polar surface area (TPSA) is 111 Å². The molecule has 1 atom stereocenters. The normalized spacial score (nSPS) is 11.4. The van der Waals surface area contributed by atoms with Crippen molar-refractivity contribution >= 4 is 33.6 Å². The number of halogens is 1. The number of nitrogens with one attached hydrogen (secondary N) is 1. The van der Waals surface area contributed by atoms with Gasteiger partial charge >= 0.3 is 0 Å². The van der Waals surface area contributed by atoms with Crippen LogP contribution in [0.15, 0.2) is 41.3 Å². The van der Waals surface area contributed by atoms with E-state index < -0.39 is 11.0 Å². The third kappa shape index (κ3) is 6.55. The number of hydrogen-bond donors (Lipinski definition) is 4. The number of benzene rings is 2. The van der Waals surface area contributed by atoms with E-state index in [2.05, 4.69) is 33.0 Å². The van der Waals surface area contributed by atoms with Crippen LogP contribution in [-0.4, -0.2) is 30.0 Å². The molecule has 8 heteroatoms. The summed E-state index contributed by atoms with van der Waals surface area (Å²) in [4.78, 5) is 0.714. The van der Waals surface area contributed by atoms with Gasteiger partial charge in [-0.05, 0) is 78.0 Å². The number of aromatic hydroxyl groups is 1. The Kier molecular flexibility index (Phi) is 9.98. The maximum Gasteiger partial charge on any atom is 0.160 e. The summed E-state index contributed by atoms with van der Waals surface area (Å²) in [5, 5.41) is 9.72. The Morgan fingerprint density at radius 2 is 1.88 bits per heavy atom. The standard InChI is InChI=1S/C16H19IN2O3S.CH5N/c1-22-16-8-12(14(17)9-15(16)20)10-19-23(21)13-4-2-11(3-5-13)6-7-18;1-2/h2-5,8-9,19-20H,6-7,10,18H2,1H3;2H2,1H3. The molecule has 2 aromatic rings. The summed E-state index contributed by atoms with van der Waals surface area (Å²) in [5.74, 6) is 0.497. The van der Waals surface area contributed by atoms with Gasteiger partial charge in [-0.3, -0.25) is 0 Å². The molecule has 0 aliphatic carbocycles. The van der Waals surface area contributed by atoms with Crippen LogP contribution in [0.3, 0.4) is 0 Å². The Morgan fingerprint density at radius 1 is 1.24 bits per heavy atom. The van der Waals surface area contributed by atoms with Crippen LogP contribution in [0.1, 0.15) is 11.1 Å². The molecule has 0 aliphatic rings. The molecular weight excluding hydrogens is 453 g/mol. The summed E-state index contributed by atoms with van der Waals surface area (Å²) in [5.41, 5.74) is 12.1. The average Bonchev–Trinajstić information content (AvgIpc) is 2.63. The Balaban J connectivity index is 0.00000151. The zero-order valence-corrected chi connectivity index (χ0v) is 17.3. The van der Waals surface area contributed by atoms with Crippen molar-refractivity contribution in [2.24, 2.45) is 11.5 Å². The maximum absolute atomic E-state index is 12.3. The van der Waals surface area contributed by atoms with E-state index in [1.54, 1.807) is 12.1 Å². The van der Waals surface area contributed by atoms with Gasteiger partial charge in [0.15, 0.2) is 11.5 Å². The molecule has 0 saturated heterocycles. The van der Waals surface area contributed by atoms with E-state index in [1.807, 2.05) is 24.3 Å². The number of nitrogens with two attached hydrogens (primary N) is 2. The predicted molar refractivity (Wildman–Crippen MR) is 110 cm³/mol. The number of phenolic OH excluding ortho intramolecular Hbond substituents is 1. The van der Waals surface area contributed by atoms with Crippen molar-refractivity contribution in [3.05, 3.63) is 51.1 Å². The van der Waals surface area contributed by atoms with Gasteiger partial charge in [-0.15, -0.1) is 0 Å². The fourth-order valence-corrected chi connectivity index (χ4v) is 3.53. The lowest BCUT2D eigenvalue weighted by molar-refractivity contribution is 0.372. The van der Waals surface area contributed by atoms with E-state index >= 15 is 0 Å². The van der Waals surface area contributed by atoms with Gasteiger partial charge in [0.2, 0.25) is 0 Å². The number of methoxy groups -OCH3 is 1. The quantitative estimate of drug-likeness (QED) is 0.456. The minimum absolute atomic E-state index is 0.0947. The molecule has 138 valence electrons. The van der Waals surface area contributed by atoms with Crippen molar-refractivity contribution in [3.63, 3.8) is 0 Å². The number of rotatable bonds is 7. The van der Waals surface area contributed by atoms with Gasteiger partial charge in [-0.25, -0.2) is 8.93 Å². The molecule has 0 heterocycles. The van der Waals surface area contributed by atoms with Crippen molar-refractivity contribution in [2.75, 3.05) is 20.7 Å². The highest BCUT2D eigenvalue weighted by Gasteiger charge is 2.10. The molecule has 2 rings (SSSR count). The predicted octanol–water partition coefficient (Wildman–Crippen LogP) is 1.89. The summed E-state index contributed by atoms with van der Waals surface area (Å²) in [7, 11) is 1.69. The SMILES string of the molecule is CN.COc1cc(CNS(=O)c2ccc(CCN)cc2)c(I)cc1O. The Labute approximate surface area is 164 Å². The molecule has 0 amide bonds. The van der Waals surface area contributed by atoms with Crippen molar-refractivity contribution in [1.82, 2.24) is 4.72 Å². The molecular formula is C17H24IN3O3S. The number of ether oxygens (including phenoxy) is 1. The average molecular weight is 477 g/mol. The van der Waals surface area contributed by atoms with E-state index in [0.717, 1.165) is 21.1 Å². The monoisotopic (exact) mass is 477 g/mol. The van der Waals surface area contributed by atoms with Crippen molar-refractivity contribution in [1.29, 1.82) is 0 Å². The first-order valence-electron chi connectivity index (χ1n) is 7.62. The lowest BCUT2D eigenvalue weighted by Crippen LogP contribution is -2.17. The van der Waals surface area contributed by atoms with E-state index in [1.165, 1.54) is 14.2 Å². The second-order valence-electron chi connectivity index (χ2n) is 4.89. The number of phenols is 1. The summed E-state index contributed by atoms with van der Waals surface area (Å²) in [6, 6.07) is 10.9. The second kappa shape index (κ2) is 11.4. The zero-order valence-electron chi connectivity index (χ0n) is 14.3. The van der Waals surface area contributed by atoms with E-state index in [-0.39, 0.29) is 5.75 Å². The summed E-state index contributed by atoms with van der Waals surface area (Å²) in [6.45, 7) is 1.01. The van der Waals surface area contributed by atoms with Crippen molar-refractivity contribution in [3.8, 4) is 11.5 Å². The van der Waals surface area contributed by atoms with Crippen LogP contribution in [-0.2, 0) is 24.0 Å². The third-order valence-corrected chi connectivity index (χ3v) is 5.42. The smallest absolute Gasteiger partial charge is 0.160 e. The molecule has 6 N–H and O–H groups in total. The first-order valence-corrected chi connectivity index (χ1v) is 9.85. The van der Waals surface area contributed by atoms with Crippen molar-refractivity contribution in [2.45, 2.75) is 17.9 Å². The second-order valence-corrected chi connectivity index (χ2v) is 7.35. The van der Waals surface area contributed by atoms with E-state index in [9.17, 15) is 9.32 Å². The minimum Gasteiger partial charge on any atom is -0.504 e. The maximum atomic E-state index is 12.3. The van der Waals surface area contributed by atoms with Gasteiger partial charge in [0, 0.05) is 10.1 Å². The first-order chi connectivity index (χ1) is 12.0. The largest absolute Gasteiger partial charge is 0.504 e. The highest BCUT2D eigenvalue weighted by atomic mass is 127. The summed E-state index contributed by atoms with van der Waals surface area (Å²) >= 11 is 2.13. The summed E-state index contributed by atoms with van der Waals surface area (Å²) < 4.78 is 21.3. The fraction of sp³-hybridized carbons (Fsp3) is 0.294. The van der Waals surface area contributed by atoms with Gasteiger partial charge in [-0.1, -0.05) is 12.1 Å². The molecule has 0 aliphatic heterocycles. The summed E-state index contributed by atoms with van der Waals surface area (Å²) in [6.07, 6.45) is 0.811. The van der Waals surface area contributed by atoms with Gasteiger partial charge in [-0.2, -0.15) is 0 Å². The molecule has 6 nitrogen and oxygen atoms in total. The molecule has 1 unspecified atom stereocenters. The highest BCUT2D eigenvalue weighted by molar-refractivity contribution is 14.1. The first kappa shape index (κ1) is 21.8. The molecule has 0 bridgehead atoms. The lowest BCUT2D eigenvalue weighted by atomic mass is 10.2. The van der Waals surface area contributed by atoms with Gasteiger partial charge < -0.3 is 21.3 Å². The van der Waals surface area contributed by atoms with Crippen LogP contribution < -0.4 is 20.9 Å². The van der Waals surface area contributed by atoms with Crippen molar-refractivity contribution < 1.29 is 14.1 Å². The lowest BCUT2D eigenvalue weighted by Gasteiger charge is -2.10. The molecule has 0 fully saturated rings. The van der Waals surface area contributed by atoms with Crippen LogP contribution in [0, 0.1) is 3.57 Å². The Bertz CT molecular complexity index is 696. The molecule has 2 aromatic carbocycles. The highest BCUT2D eigenvalue weighted by Crippen LogP contribution is 2.30. The Hall–Kier alpha value is -1.20. The van der Waals surface area contributed by atoms with Gasteiger partial charge in [0.1, 0.15) is 11.0 Å². The molecule has 0 spiro atoms. The molecule has 0 aromatic heterocycles. The minimum atomic E-state index is -1.31. The van der Waals surface area contributed by atoms with Crippen LogP contribution in [0.25, 0.3) is 0 Å². The van der Waals surface area contributed by atoms with Gasteiger partial charge in [0.05, 0.1) is 12.0 Å². The zero-order chi connectivity index (χ0) is 18.8. The van der Waals surface area contributed by atoms with Crippen LogP contribution in [0.2, 0.25) is 0 Å². The number of hydrogen-bond acceptors (Lipinski definition) is 5. The molecule has 0 radical (unpaired) electrons. The Morgan fingerprint density at radius 3 is 2.44 bits per heavy atom. The molecule has 25 heavy (non-hydrogen) atoms. The van der Waals surface area contributed by atoms with Crippen LogP contribution in [0.4, 0.5) is 0 Å². The van der Waals surface area contributed by atoms with Crippen LogP contribution >= 0.6 is 22.6 Å². The van der Waals surface area contributed by atoms with E-state index in [4.69, 9.17) is 10.5 Å². The fourth-order valence-electron chi connectivity index (χ4n) is 2.06.